The maximum Gasteiger partial charge on any atom is 0.223 e. The van der Waals surface area contributed by atoms with Gasteiger partial charge in [-0.2, -0.15) is 0 Å². The van der Waals surface area contributed by atoms with Crippen LogP contribution in [0.4, 0.5) is 5.69 Å². The number of carbonyl (C=O) groups excluding carboxylic acids is 1. The Morgan fingerprint density at radius 3 is 2.52 bits per heavy atom. The first-order valence-electron chi connectivity index (χ1n) is 7.71. The van der Waals surface area contributed by atoms with Gasteiger partial charge in [-0.3, -0.25) is 4.79 Å². The molecule has 1 aliphatic rings. The standard InChI is InChI=1S/C17H25NO3/c1-13(19)18(2)15-7-9-17(10-8-15)21-12-16(20)11-14-5-3-4-6-14/h7-10,14,16,20H,3-6,11-12H2,1-2H3. The van der Waals surface area contributed by atoms with Crippen molar-refractivity contribution >= 4 is 11.6 Å². The number of aliphatic hydroxyl groups excluding tert-OH is 1. The highest BCUT2D eigenvalue weighted by molar-refractivity contribution is 5.90. The topological polar surface area (TPSA) is 49.8 Å². The van der Waals surface area contributed by atoms with Gasteiger partial charge in [-0.05, 0) is 36.6 Å². The van der Waals surface area contributed by atoms with E-state index < -0.39 is 6.10 Å². The van der Waals surface area contributed by atoms with Gasteiger partial charge in [0.2, 0.25) is 5.91 Å². The summed E-state index contributed by atoms with van der Waals surface area (Å²) in [5, 5.41) is 10.0. The smallest absolute Gasteiger partial charge is 0.223 e. The first kappa shape index (κ1) is 15.8. The van der Waals surface area contributed by atoms with E-state index in [-0.39, 0.29) is 5.91 Å². The minimum absolute atomic E-state index is 0.00402. The molecule has 0 radical (unpaired) electrons. The fourth-order valence-corrected chi connectivity index (χ4v) is 2.84. The average molecular weight is 291 g/mol. The number of nitrogens with zero attached hydrogens (tertiary/aromatic N) is 1. The van der Waals surface area contributed by atoms with Gasteiger partial charge in [-0.25, -0.2) is 0 Å². The van der Waals surface area contributed by atoms with Crippen LogP contribution in [-0.2, 0) is 4.79 Å². The van der Waals surface area contributed by atoms with Crippen LogP contribution in [0.15, 0.2) is 24.3 Å². The Morgan fingerprint density at radius 1 is 1.33 bits per heavy atom. The first-order chi connectivity index (χ1) is 10.1. The molecule has 1 aromatic carbocycles. The van der Waals surface area contributed by atoms with Crippen molar-refractivity contribution in [2.45, 2.75) is 45.1 Å². The van der Waals surface area contributed by atoms with Crippen molar-refractivity contribution in [2.75, 3.05) is 18.6 Å². The fourth-order valence-electron chi connectivity index (χ4n) is 2.84. The quantitative estimate of drug-likeness (QED) is 0.876. The molecule has 0 aromatic heterocycles. The van der Waals surface area contributed by atoms with Gasteiger partial charge >= 0.3 is 0 Å². The van der Waals surface area contributed by atoms with Crippen molar-refractivity contribution in [1.29, 1.82) is 0 Å². The Morgan fingerprint density at radius 2 is 1.95 bits per heavy atom. The zero-order chi connectivity index (χ0) is 15.2. The average Bonchev–Trinajstić information content (AvgIpc) is 2.97. The Labute approximate surface area is 126 Å². The molecule has 1 amide bonds. The van der Waals surface area contributed by atoms with E-state index >= 15 is 0 Å². The number of anilines is 1. The van der Waals surface area contributed by atoms with E-state index in [2.05, 4.69) is 0 Å². The summed E-state index contributed by atoms with van der Waals surface area (Å²) in [6.45, 7) is 1.86. The lowest BCUT2D eigenvalue weighted by molar-refractivity contribution is -0.116. The molecule has 0 heterocycles. The van der Waals surface area contributed by atoms with Crippen LogP contribution >= 0.6 is 0 Å². The molecule has 0 bridgehead atoms. The summed E-state index contributed by atoms with van der Waals surface area (Å²) < 4.78 is 5.62. The summed E-state index contributed by atoms with van der Waals surface area (Å²) in [5.41, 5.74) is 0.835. The van der Waals surface area contributed by atoms with Gasteiger partial charge in [0, 0.05) is 19.7 Å². The monoisotopic (exact) mass is 291 g/mol. The maximum absolute atomic E-state index is 11.3. The second kappa shape index (κ2) is 7.46. The van der Waals surface area contributed by atoms with E-state index in [4.69, 9.17) is 4.74 Å². The highest BCUT2D eigenvalue weighted by Gasteiger charge is 2.19. The highest BCUT2D eigenvalue weighted by Crippen LogP contribution is 2.28. The molecule has 1 aromatic rings. The molecule has 1 saturated carbocycles. The number of hydrogen-bond acceptors (Lipinski definition) is 3. The summed E-state index contributed by atoms with van der Waals surface area (Å²) in [5.74, 6) is 1.38. The van der Waals surface area contributed by atoms with Gasteiger partial charge in [-0.1, -0.05) is 25.7 Å². The van der Waals surface area contributed by atoms with E-state index in [9.17, 15) is 9.90 Å². The van der Waals surface area contributed by atoms with Crippen LogP contribution in [0.25, 0.3) is 0 Å². The molecule has 4 nitrogen and oxygen atoms in total. The van der Waals surface area contributed by atoms with Crippen LogP contribution in [0, 0.1) is 5.92 Å². The Hall–Kier alpha value is -1.55. The maximum atomic E-state index is 11.3. The van der Waals surface area contributed by atoms with Gasteiger partial charge in [0.15, 0.2) is 0 Å². The van der Waals surface area contributed by atoms with Crippen LogP contribution in [0.1, 0.15) is 39.0 Å². The minimum Gasteiger partial charge on any atom is -0.491 e. The molecule has 1 aliphatic carbocycles. The lowest BCUT2D eigenvalue weighted by Crippen LogP contribution is -2.22. The van der Waals surface area contributed by atoms with Crippen molar-refractivity contribution in [3.63, 3.8) is 0 Å². The molecule has 116 valence electrons. The minimum atomic E-state index is -0.396. The SMILES string of the molecule is CC(=O)N(C)c1ccc(OCC(O)CC2CCCC2)cc1. The Bertz CT molecular complexity index is 452. The lowest BCUT2D eigenvalue weighted by atomic mass is 10.0. The molecule has 1 unspecified atom stereocenters. The number of carbonyl (C=O) groups is 1. The largest absolute Gasteiger partial charge is 0.491 e. The molecule has 4 heteroatoms. The molecule has 0 saturated heterocycles. The third-order valence-electron chi connectivity index (χ3n) is 4.22. The molecule has 1 N–H and O–H groups in total. The number of benzene rings is 1. The molecular weight excluding hydrogens is 266 g/mol. The third kappa shape index (κ3) is 4.74. The summed E-state index contributed by atoms with van der Waals surface area (Å²) in [4.78, 5) is 12.9. The van der Waals surface area contributed by atoms with Crippen molar-refractivity contribution in [2.24, 2.45) is 5.92 Å². The van der Waals surface area contributed by atoms with Gasteiger partial charge in [0.1, 0.15) is 12.4 Å². The predicted octanol–water partition coefficient (Wildman–Crippen LogP) is 2.99. The number of hydrogen-bond donors (Lipinski definition) is 1. The molecule has 1 fully saturated rings. The van der Waals surface area contributed by atoms with Gasteiger partial charge in [-0.15, -0.1) is 0 Å². The zero-order valence-corrected chi connectivity index (χ0v) is 12.9. The molecule has 0 aliphatic heterocycles. The fraction of sp³-hybridized carbons (Fsp3) is 0.588. The summed E-state index contributed by atoms with van der Waals surface area (Å²) in [6.07, 6.45) is 5.51. The van der Waals surface area contributed by atoms with Gasteiger partial charge in [0.25, 0.3) is 0 Å². The second-order valence-electron chi connectivity index (χ2n) is 5.92. The van der Waals surface area contributed by atoms with Gasteiger partial charge < -0.3 is 14.7 Å². The van der Waals surface area contributed by atoms with Crippen molar-refractivity contribution in [3.05, 3.63) is 24.3 Å². The molecule has 1 atom stereocenters. The molecule has 21 heavy (non-hydrogen) atoms. The number of ether oxygens (including phenoxy) is 1. The van der Waals surface area contributed by atoms with Crippen molar-refractivity contribution < 1.29 is 14.6 Å². The van der Waals surface area contributed by atoms with E-state index in [0.29, 0.717) is 12.5 Å². The zero-order valence-electron chi connectivity index (χ0n) is 12.9. The van der Waals surface area contributed by atoms with E-state index in [1.54, 1.807) is 11.9 Å². The van der Waals surface area contributed by atoms with Crippen LogP contribution in [0.5, 0.6) is 5.75 Å². The Balaban J connectivity index is 1.78. The van der Waals surface area contributed by atoms with Crippen LogP contribution in [0.3, 0.4) is 0 Å². The summed E-state index contributed by atoms with van der Waals surface area (Å²) in [6, 6.07) is 7.36. The lowest BCUT2D eigenvalue weighted by Gasteiger charge is -2.17. The van der Waals surface area contributed by atoms with E-state index in [1.807, 2.05) is 24.3 Å². The summed E-state index contributed by atoms with van der Waals surface area (Å²) in [7, 11) is 1.74. The van der Waals surface area contributed by atoms with Gasteiger partial charge in [0.05, 0.1) is 6.10 Å². The second-order valence-corrected chi connectivity index (χ2v) is 5.92. The van der Waals surface area contributed by atoms with Crippen LogP contribution in [-0.4, -0.2) is 30.8 Å². The Kier molecular flexibility index (Phi) is 5.62. The van der Waals surface area contributed by atoms with Crippen molar-refractivity contribution in [1.82, 2.24) is 0 Å². The molecular formula is C17H25NO3. The number of rotatable bonds is 6. The molecule has 0 spiro atoms. The van der Waals surface area contributed by atoms with Crippen LogP contribution in [0.2, 0.25) is 0 Å². The van der Waals surface area contributed by atoms with E-state index in [1.165, 1.54) is 32.6 Å². The number of aliphatic hydroxyl groups is 1. The summed E-state index contributed by atoms with van der Waals surface area (Å²) >= 11 is 0. The van der Waals surface area contributed by atoms with Crippen molar-refractivity contribution in [3.8, 4) is 5.75 Å². The molecule has 2 rings (SSSR count). The van der Waals surface area contributed by atoms with Crippen LogP contribution < -0.4 is 9.64 Å². The van der Waals surface area contributed by atoms with E-state index in [0.717, 1.165) is 17.9 Å². The normalized spacial score (nSPS) is 16.7. The third-order valence-corrected chi connectivity index (χ3v) is 4.22. The number of amides is 1. The first-order valence-corrected chi connectivity index (χ1v) is 7.71. The predicted molar refractivity (Wildman–Crippen MR) is 83.6 cm³/mol. The highest BCUT2D eigenvalue weighted by atomic mass is 16.5.